The van der Waals surface area contributed by atoms with Crippen LogP contribution in [0, 0.1) is 11.7 Å². The Hall–Kier alpha value is -4.77. The number of nitrogens with zero attached hydrogens (tertiary/aromatic N) is 3. The molecule has 1 aliphatic heterocycles. The van der Waals surface area contributed by atoms with E-state index in [4.69, 9.17) is 9.97 Å². The number of fused-ring (bicyclic) bond motifs is 2. The number of aromatic amines is 2. The summed E-state index contributed by atoms with van der Waals surface area (Å²) in [6, 6.07) is 14.8. The van der Waals surface area contributed by atoms with E-state index < -0.39 is 9.39 Å². The molecule has 0 unspecified atom stereocenters. The zero-order valence-corrected chi connectivity index (χ0v) is 28.4. The number of allylic oxidation sites excluding steroid dienone is 5. The fourth-order valence-corrected chi connectivity index (χ4v) is 6.59. The summed E-state index contributed by atoms with van der Waals surface area (Å²) < 4.78 is 18.1. The number of halogens is 1. The van der Waals surface area contributed by atoms with Gasteiger partial charge in [0.1, 0.15) is 11.3 Å². The van der Waals surface area contributed by atoms with Gasteiger partial charge in [0.25, 0.3) is 0 Å². The van der Waals surface area contributed by atoms with Gasteiger partial charge in [-0.05, 0) is 117 Å². The van der Waals surface area contributed by atoms with Crippen molar-refractivity contribution in [1.29, 1.82) is 0 Å². The van der Waals surface area contributed by atoms with Crippen LogP contribution in [0.4, 0.5) is 4.39 Å². The lowest BCUT2D eigenvalue weighted by molar-refractivity contribution is 0.368. The van der Waals surface area contributed by atoms with Crippen molar-refractivity contribution in [2.24, 2.45) is 5.92 Å². The molecule has 10 heteroatoms. The summed E-state index contributed by atoms with van der Waals surface area (Å²) >= 11 is 0. The quantitative estimate of drug-likeness (QED) is 0.0697. The van der Waals surface area contributed by atoms with Gasteiger partial charge in [-0.1, -0.05) is 43.1 Å². The third kappa shape index (κ3) is 7.68. The SMILES string of the molecule is C=C/C(=C\C(=C/C)c1ccc2[nH]nc(-c3nc4c(-c5cc(F)cc(CNS(=C)(=C)C)c5)cccc4[nH]3)c2n1)NC(=C)CC1CCNCC1. The van der Waals surface area contributed by atoms with Crippen LogP contribution in [0.15, 0.2) is 91.3 Å². The number of hydrogen-bond acceptors (Lipinski definition) is 6. The Kier molecular flexibility index (Phi) is 9.77. The van der Waals surface area contributed by atoms with Crippen molar-refractivity contribution in [3.8, 4) is 22.6 Å². The second-order valence-corrected chi connectivity index (χ2v) is 15.4. The van der Waals surface area contributed by atoms with Crippen molar-refractivity contribution < 1.29 is 4.39 Å². The van der Waals surface area contributed by atoms with Gasteiger partial charge in [-0.15, -0.1) is 0 Å². The standard InChI is InChI=1S/C38H43FN8S/c1-7-27(22-30(8-2)42-24(3)18-25-14-16-40-17-15-25)32-12-13-34-36(43-32)37(47-46-34)38-44-33-11-9-10-31(35(33)45-38)28-19-26(20-29(39)21-28)23-41-48(4,5)6/h7-13,19-22,25,40-42H,2-5,14-18,23H2,1,6H3,(H,44,45)(H,46,47)/b27-7+,30-22+. The molecule has 0 atom stereocenters. The highest BCUT2D eigenvalue weighted by atomic mass is 32.2. The van der Waals surface area contributed by atoms with Gasteiger partial charge in [0.05, 0.1) is 22.2 Å². The maximum absolute atomic E-state index is 14.8. The fraction of sp³-hybridized carbons (Fsp3) is 0.237. The molecule has 4 heterocycles. The van der Waals surface area contributed by atoms with Crippen molar-refractivity contribution in [3.63, 3.8) is 0 Å². The maximum Gasteiger partial charge on any atom is 0.161 e. The summed E-state index contributed by atoms with van der Waals surface area (Å²) in [5.41, 5.74) is 9.56. The lowest BCUT2D eigenvalue weighted by Crippen LogP contribution is -2.28. The summed E-state index contributed by atoms with van der Waals surface area (Å²) in [6.45, 7) is 12.9. The minimum atomic E-state index is -1.44. The molecule has 1 aliphatic rings. The number of rotatable bonds is 12. The van der Waals surface area contributed by atoms with Crippen LogP contribution in [-0.4, -0.2) is 56.2 Å². The number of nitrogens with one attached hydrogen (secondary N) is 5. The van der Waals surface area contributed by atoms with Gasteiger partial charge < -0.3 is 15.6 Å². The molecule has 0 amide bonds. The first-order chi connectivity index (χ1) is 23.1. The number of H-pyrrole nitrogens is 2. The smallest absolute Gasteiger partial charge is 0.161 e. The fourth-order valence-electron chi connectivity index (χ4n) is 6.08. The van der Waals surface area contributed by atoms with E-state index in [1.807, 2.05) is 67.8 Å². The van der Waals surface area contributed by atoms with Gasteiger partial charge in [-0.2, -0.15) is 14.5 Å². The van der Waals surface area contributed by atoms with Crippen molar-refractivity contribution in [2.45, 2.75) is 32.7 Å². The molecule has 5 N–H and O–H groups in total. The second kappa shape index (κ2) is 14.1. The summed E-state index contributed by atoms with van der Waals surface area (Å²) in [7, 11) is -1.44. The molecule has 48 heavy (non-hydrogen) atoms. The van der Waals surface area contributed by atoms with Crippen LogP contribution >= 0.6 is 9.39 Å². The normalized spacial score (nSPS) is 14.9. The number of aromatic nitrogens is 5. The van der Waals surface area contributed by atoms with E-state index in [-0.39, 0.29) is 5.82 Å². The Labute approximate surface area is 282 Å². The van der Waals surface area contributed by atoms with Crippen LogP contribution in [0.3, 0.4) is 0 Å². The molecular weight excluding hydrogens is 620 g/mol. The molecule has 0 radical (unpaired) electrons. The highest BCUT2D eigenvalue weighted by Crippen LogP contribution is 2.33. The monoisotopic (exact) mass is 662 g/mol. The van der Waals surface area contributed by atoms with Crippen molar-refractivity contribution in [3.05, 3.63) is 108 Å². The molecule has 0 aliphatic carbocycles. The number of pyridine rings is 1. The molecule has 6 rings (SSSR count). The van der Waals surface area contributed by atoms with Crippen LogP contribution < -0.4 is 15.4 Å². The predicted molar refractivity (Wildman–Crippen MR) is 203 cm³/mol. The average Bonchev–Trinajstić information content (AvgIpc) is 3.69. The van der Waals surface area contributed by atoms with Gasteiger partial charge in [0.15, 0.2) is 11.5 Å². The van der Waals surface area contributed by atoms with Gasteiger partial charge in [0, 0.05) is 23.5 Å². The van der Waals surface area contributed by atoms with E-state index in [9.17, 15) is 4.39 Å². The third-order valence-electron chi connectivity index (χ3n) is 8.49. The Balaban J connectivity index is 1.30. The number of para-hydroxylation sites is 1. The Morgan fingerprint density at radius 3 is 2.62 bits per heavy atom. The molecule has 1 saturated heterocycles. The molecular formula is C38H43FN8S. The van der Waals surface area contributed by atoms with Gasteiger partial charge in [-0.3, -0.25) is 9.82 Å². The van der Waals surface area contributed by atoms with E-state index in [0.29, 0.717) is 29.5 Å². The summed E-state index contributed by atoms with van der Waals surface area (Å²) in [5, 5.41) is 14.6. The van der Waals surface area contributed by atoms with Crippen LogP contribution in [0.5, 0.6) is 0 Å². The van der Waals surface area contributed by atoms with Gasteiger partial charge >= 0.3 is 0 Å². The first-order valence-electron chi connectivity index (χ1n) is 16.1. The molecule has 5 aromatic rings. The van der Waals surface area contributed by atoms with Crippen LogP contribution in [-0.2, 0) is 6.54 Å². The van der Waals surface area contributed by atoms with Crippen LogP contribution in [0.1, 0.15) is 37.4 Å². The topological polar surface area (TPSA) is 106 Å². The van der Waals surface area contributed by atoms with E-state index >= 15 is 0 Å². The molecule has 248 valence electrons. The van der Waals surface area contributed by atoms with E-state index in [2.05, 4.69) is 55.4 Å². The average molecular weight is 663 g/mol. The minimum absolute atomic E-state index is 0.313. The molecule has 1 fully saturated rings. The molecule has 0 spiro atoms. The Morgan fingerprint density at radius 1 is 1.06 bits per heavy atom. The zero-order valence-electron chi connectivity index (χ0n) is 27.6. The molecule has 3 aromatic heterocycles. The predicted octanol–water partition coefficient (Wildman–Crippen LogP) is 7.58. The molecule has 2 aromatic carbocycles. The van der Waals surface area contributed by atoms with E-state index in [0.717, 1.165) is 88.3 Å². The van der Waals surface area contributed by atoms with Crippen LogP contribution in [0.25, 0.3) is 50.3 Å². The third-order valence-corrected chi connectivity index (χ3v) is 9.33. The molecule has 8 nitrogen and oxygen atoms in total. The Morgan fingerprint density at radius 2 is 1.88 bits per heavy atom. The number of benzene rings is 2. The second-order valence-electron chi connectivity index (χ2n) is 12.6. The first kappa shape index (κ1) is 33.1. The minimum Gasteiger partial charge on any atom is -0.359 e. The number of hydrogen-bond donors (Lipinski definition) is 5. The van der Waals surface area contributed by atoms with Gasteiger partial charge in [-0.25, -0.2) is 14.4 Å². The highest BCUT2D eigenvalue weighted by molar-refractivity contribution is 8.25. The lowest BCUT2D eigenvalue weighted by atomic mass is 9.93. The van der Waals surface area contributed by atoms with Gasteiger partial charge in [0.2, 0.25) is 0 Å². The summed E-state index contributed by atoms with van der Waals surface area (Å²) in [6.07, 6.45) is 11.1. The zero-order chi connectivity index (χ0) is 33.8. The highest BCUT2D eigenvalue weighted by Gasteiger charge is 2.18. The Bertz CT molecular complexity index is 2160. The number of imidazole rings is 1. The molecule has 0 bridgehead atoms. The van der Waals surface area contributed by atoms with Crippen molar-refractivity contribution in [2.75, 3.05) is 19.3 Å². The number of piperidine rings is 1. The summed E-state index contributed by atoms with van der Waals surface area (Å²) in [5.74, 6) is 9.02. The van der Waals surface area contributed by atoms with E-state index in [1.165, 1.54) is 12.1 Å². The largest absolute Gasteiger partial charge is 0.359 e. The molecule has 0 saturated carbocycles. The van der Waals surface area contributed by atoms with Crippen molar-refractivity contribution in [1.82, 2.24) is 40.5 Å². The summed E-state index contributed by atoms with van der Waals surface area (Å²) in [4.78, 5) is 13.4. The van der Waals surface area contributed by atoms with E-state index in [1.54, 1.807) is 0 Å². The maximum atomic E-state index is 14.8. The first-order valence-corrected chi connectivity index (χ1v) is 18.5. The van der Waals surface area contributed by atoms with Crippen LogP contribution in [0.2, 0.25) is 0 Å². The van der Waals surface area contributed by atoms with Crippen molar-refractivity contribution >= 4 is 48.8 Å². The lowest BCUT2D eigenvalue weighted by Gasteiger charge is -2.24.